The Morgan fingerprint density at radius 2 is 2.06 bits per heavy atom. The van der Waals surface area contributed by atoms with Crippen LogP contribution in [0.1, 0.15) is 25.0 Å². The van der Waals surface area contributed by atoms with Gasteiger partial charge in [-0.25, -0.2) is 0 Å². The fourth-order valence-corrected chi connectivity index (χ4v) is 1.65. The summed E-state index contributed by atoms with van der Waals surface area (Å²) < 4.78 is 5.64. The zero-order chi connectivity index (χ0) is 12.3. The number of furan rings is 1. The number of rotatable bonds is 4. The van der Waals surface area contributed by atoms with Gasteiger partial charge in [-0.2, -0.15) is 0 Å². The lowest BCUT2D eigenvalue weighted by molar-refractivity contribution is -0.137. The first-order valence-electron chi connectivity index (χ1n) is 5.38. The van der Waals surface area contributed by atoms with Crippen molar-refractivity contribution in [1.82, 2.24) is 4.98 Å². The average molecular weight is 231 g/mol. The first-order valence-corrected chi connectivity index (χ1v) is 5.38. The average Bonchev–Trinajstić information content (AvgIpc) is 2.78. The Morgan fingerprint density at radius 1 is 1.35 bits per heavy atom. The third kappa shape index (κ3) is 2.72. The summed E-state index contributed by atoms with van der Waals surface area (Å²) in [6.07, 6.45) is 3.46. The summed E-state index contributed by atoms with van der Waals surface area (Å²) in [6, 6.07) is 7.38. The Hall–Kier alpha value is -2.10. The summed E-state index contributed by atoms with van der Waals surface area (Å²) in [5, 5.41) is 8.72. The van der Waals surface area contributed by atoms with E-state index in [-0.39, 0.29) is 12.3 Å². The molecule has 0 saturated heterocycles. The molecule has 1 unspecified atom stereocenters. The highest BCUT2D eigenvalue weighted by Gasteiger charge is 2.14. The summed E-state index contributed by atoms with van der Waals surface area (Å²) in [6.45, 7) is 1.84. The number of aliphatic carboxylic acids is 1. The molecule has 0 spiro atoms. The SMILES string of the molecule is CC(CC(=O)O)c1ccc(-c2ccncc2)o1. The lowest BCUT2D eigenvalue weighted by Crippen LogP contribution is -2.01. The molecule has 1 atom stereocenters. The monoisotopic (exact) mass is 231 g/mol. The number of hydrogen-bond acceptors (Lipinski definition) is 3. The molecule has 0 radical (unpaired) electrons. The van der Waals surface area contributed by atoms with Crippen LogP contribution >= 0.6 is 0 Å². The molecule has 0 aliphatic heterocycles. The molecule has 1 N–H and O–H groups in total. The molecule has 0 aliphatic carbocycles. The van der Waals surface area contributed by atoms with Gasteiger partial charge in [0, 0.05) is 23.9 Å². The minimum atomic E-state index is -0.820. The van der Waals surface area contributed by atoms with Gasteiger partial charge in [-0.05, 0) is 24.3 Å². The second-order valence-electron chi connectivity index (χ2n) is 3.94. The van der Waals surface area contributed by atoms with E-state index >= 15 is 0 Å². The summed E-state index contributed by atoms with van der Waals surface area (Å²) in [7, 11) is 0. The van der Waals surface area contributed by atoms with E-state index in [1.54, 1.807) is 12.4 Å². The maximum absolute atomic E-state index is 10.6. The predicted octanol–water partition coefficient (Wildman–Crippen LogP) is 2.92. The van der Waals surface area contributed by atoms with Gasteiger partial charge in [0.1, 0.15) is 11.5 Å². The molecule has 0 bridgehead atoms. The van der Waals surface area contributed by atoms with Crippen LogP contribution in [0.5, 0.6) is 0 Å². The van der Waals surface area contributed by atoms with Crippen LogP contribution in [0.4, 0.5) is 0 Å². The minimum absolute atomic E-state index is 0.0727. The van der Waals surface area contributed by atoms with E-state index in [0.29, 0.717) is 5.76 Å². The molecule has 0 aromatic carbocycles. The molecule has 2 heterocycles. The molecule has 2 aromatic heterocycles. The van der Waals surface area contributed by atoms with Gasteiger partial charge in [-0.1, -0.05) is 6.92 Å². The molecule has 0 fully saturated rings. The standard InChI is InChI=1S/C13H13NO3/c1-9(8-13(15)16)11-2-3-12(17-11)10-4-6-14-7-5-10/h2-7,9H,8H2,1H3,(H,15,16). The van der Waals surface area contributed by atoms with Crippen LogP contribution in [-0.4, -0.2) is 16.1 Å². The molecular weight excluding hydrogens is 218 g/mol. The van der Waals surface area contributed by atoms with Crippen LogP contribution < -0.4 is 0 Å². The van der Waals surface area contributed by atoms with E-state index in [4.69, 9.17) is 9.52 Å². The van der Waals surface area contributed by atoms with Gasteiger partial charge in [0.05, 0.1) is 6.42 Å². The lowest BCUT2D eigenvalue weighted by atomic mass is 10.1. The van der Waals surface area contributed by atoms with Crippen molar-refractivity contribution in [3.63, 3.8) is 0 Å². The van der Waals surface area contributed by atoms with E-state index in [1.165, 1.54) is 0 Å². The summed E-state index contributed by atoms with van der Waals surface area (Å²) >= 11 is 0. The molecule has 2 rings (SSSR count). The highest BCUT2D eigenvalue weighted by Crippen LogP contribution is 2.27. The molecule has 88 valence electrons. The van der Waals surface area contributed by atoms with Crippen LogP contribution in [0.2, 0.25) is 0 Å². The molecular formula is C13H13NO3. The van der Waals surface area contributed by atoms with Crippen molar-refractivity contribution in [2.45, 2.75) is 19.3 Å². The highest BCUT2D eigenvalue weighted by molar-refractivity contribution is 5.67. The van der Waals surface area contributed by atoms with Gasteiger partial charge in [-0.15, -0.1) is 0 Å². The molecule has 4 heteroatoms. The van der Waals surface area contributed by atoms with Gasteiger partial charge in [0.25, 0.3) is 0 Å². The second-order valence-corrected chi connectivity index (χ2v) is 3.94. The van der Waals surface area contributed by atoms with Crippen molar-refractivity contribution in [3.05, 3.63) is 42.4 Å². The Kier molecular flexibility index (Phi) is 3.23. The van der Waals surface area contributed by atoms with Gasteiger partial charge < -0.3 is 9.52 Å². The second kappa shape index (κ2) is 4.82. The summed E-state index contributed by atoms with van der Waals surface area (Å²) in [4.78, 5) is 14.5. The fourth-order valence-electron chi connectivity index (χ4n) is 1.65. The van der Waals surface area contributed by atoms with E-state index < -0.39 is 5.97 Å². The van der Waals surface area contributed by atoms with Crippen molar-refractivity contribution < 1.29 is 14.3 Å². The van der Waals surface area contributed by atoms with E-state index in [2.05, 4.69) is 4.98 Å². The third-order valence-electron chi connectivity index (χ3n) is 2.56. The number of carbonyl (C=O) groups is 1. The molecule has 0 amide bonds. The first kappa shape index (κ1) is 11.4. The lowest BCUT2D eigenvalue weighted by Gasteiger charge is -2.04. The molecule has 0 saturated carbocycles. The maximum Gasteiger partial charge on any atom is 0.304 e. The van der Waals surface area contributed by atoms with E-state index in [1.807, 2.05) is 31.2 Å². The van der Waals surface area contributed by atoms with Crippen molar-refractivity contribution in [2.24, 2.45) is 0 Å². The topological polar surface area (TPSA) is 63.3 Å². The van der Waals surface area contributed by atoms with E-state index in [0.717, 1.165) is 11.3 Å². The van der Waals surface area contributed by atoms with E-state index in [9.17, 15) is 4.79 Å². The van der Waals surface area contributed by atoms with Crippen LogP contribution in [0.3, 0.4) is 0 Å². The van der Waals surface area contributed by atoms with Crippen molar-refractivity contribution in [2.75, 3.05) is 0 Å². The fraction of sp³-hybridized carbons (Fsp3) is 0.231. The Bertz CT molecular complexity index is 504. The van der Waals surface area contributed by atoms with Crippen molar-refractivity contribution in [3.8, 4) is 11.3 Å². The quantitative estimate of drug-likeness (QED) is 0.878. The molecule has 4 nitrogen and oxygen atoms in total. The maximum atomic E-state index is 10.6. The van der Waals surface area contributed by atoms with Crippen LogP contribution in [-0.2, 0) is 4.79 Å². The number of nitrogens with zero attached hydrogens (tertiary/aromatic N) is 1. The third-order valence-corrected chi connectivity index (χ3v) is 2.56. The highest BCUT2D eigenvalue weighted by atomic mass is 16.4. The Morgan fingerprint density at radius 3 is 2.71 bits per heavy atom. The number of carboxylic acids is 1. The first-order chi connectivity index (χ1) is 8.16. The number of hydrogen-bond donors (Lipinski definition) is 1. The predicted molar refractivity (Wildman–Crippen MR) is 62.6 cm³/mol. The molecule has 17 heavy (non-hydrogen) atoms. The Labute approximate surface area is 98.9 Å². The Balaban J connectivity index is 2.19. The summed E-state index contributed by atoms with van der Waals surface area (Å²) in [5.41, 5.74) is 0.939. The van der Waals surface area contributed by atoms with Crippen LogP contribution in [0.25, 0.3) is 11.3 Å². The minimum Gasteiger partial charge on any atom is -0.481 e. The summed E-state index contributed by atoms with van der Waals surface area (Å²) in [5.74, 6) is 0.487. The van der Waals surface area contributed by atoms with Crippen molar-refractivity contribution >= 4 is 5.97 Å². The largest absolute Gasteiger partial charge is 0.481 e. The molecule has 0 aliphatic rings. The van der Waals surface area contributed by atoms with Crippen LogP contribution in [0.15, 0.2) is 41.1 Å². The van der Waals surface area contributed by atoms with Gasteiger partial charge in [0.15, 0.2) is 0 Å². The van der Waals surface area contributed by atoms with Gasteiger partial charge >= 0.3 is 5.97 Å². The smallest absolute Gasteiger partial charge is 0.304 e. The normalized spacial score (nSPS) is 12.3. The van der Waals surface area contributed by atoms with Gasteiger partial charge in [0.2, 0.25) is 0 Å². The van der Waals surface area contributed by atoms with Crippen LogP contribution in [0, 0.1) is 0 Å². The van der Waals surface area contributed by atoms with Crippen molar-refractivity contribution in [1.29, 1.82) is 0 Å². The number of carboxylic acid groups (broad SMARTS) is 1. The molecule has 2 aromatic rings. The van der Waals surface area contributed by atoms with Gasteiger partial charge in [-0.3, -0.25) is 9.78 Å². The zero-order valence-electron chi connectivity index (χ0n) is 9.46. The number of aromatic nitrogens is 1. The zero-order valence-corrected chi connectivity index (χ0v) is 9.46. The number of pyridine rings is 1.